The number of rotatable bonds is 5. The minimum absolute atomic E-state index is 0.0501. The molecule has 34 heavy (non-hydrogen) atoms. The van der Waals surface area contributed by atoms with Crippen LogP contribution in [0.1, 0.15) is 52.7 Å². The molecule has 2 amide bonds. The number of benzene rings is 2. The van der Waals surface area contributed by atoms with Gasteiger partial charge in [-0.1, -0.05) is 29.8 Å². The summed E-state index contributed by atoms with van der Waals surface area (Å²) in [6.45, 7) is 7.70. The second-order valence-electron chi connectivity index (χ2n) is 9.43. The van der Waals surface area contributed by atoms with E-state index >= 15 is 0 Å². The molecule has 0 saturated carbocycles. The molecular weight excluding hydrogens is 450 g/mol. The Hall–Kier alpha value is -2.71. The molecule has 2 aliphatic heterocycles. The average Bonchev–Trinajstić information content (AvgIpc) is 3.35. The summed E-state index contributed by atoms with van der Waals surface area (Å²) in [6, 6.07) is 10.8. The number of hydrogen-bond donors (Lipinski definition) is 1. The molecule has 2 aliphatic rings. The van der Waals surface area contributed by atoms with Crippen LogP contribution in [0.3, 0.4) is 0 Å². The SMILES string of the molecule is Cc1ccc(S(=O)(=O)N2CCC(C(=O)Nc3c(C)cccc3C(=O)N3CCCC3)CC2)c(C)c1. The number of nitrogens with zero attached hydrogens (tertiary/aromatic N) is 2. The quantitative estimate of drug-likeness (QED) is 0.699. The molecule has 0 bridgehead atoms. The molecule has 2 aromatic carbocycles. The maximum atomic E-state index is 13.2. The fraction of sp³-hybridized carbons (Fsp3) is 0.462. The van der Waals surface area contributed by atoms with Crippen LogP contribution in [0.15, 0.2) is 41.3 Å². The van der Waals surface area contributed by atoms with E-state index < -0.39 is 10.0 Å². The molecule has 2 heterocycles. The van der Waals surface area contributed by atoms with Gasteiger partial charge in [-0.05, 0) is 69.7 Å². The lowest BCUT2D eigenvalue weighted by molar-refractivity contribution is -0.120. The molecule has 0 radical (unpaired) electrons. The van der Waals surface area contributed by atoms with Crippen molar-refractivity contribution in [2.75, 3.05) is 31.5 Å². The first kappa shape index (κ1) is 24.4. The molecule has 182 valence electrons. The lowest BCUT2D eigenvalue weighted by atomic mass is 9.96. The van der Waals surface area contributed by atoms with E-state index in [1.54, 1.807) is 12.1 Å². The van der Waals surface area contributed by atoms with Crippen molar-refractivity contribution in [3.63, 3.8) is 0 Å². The van der Waals surface area contributed by atoms with Gasteiger partial charge in [0.2, 0.25) is 15.9 Å². The van der Waals surface area contributed by atoms with Crippen LogP contribution in [0, 0.1) is 26.7 Å². The summed E-state index contributed by atoms with van der Waals surface area (Å²) in [7, 11) is -3.60. The Morgan fingerprint density at radius 1 is 0.912 bits per heavy atom. The van der Waals surface area contributed by atoms with Gasteiger partial charge < -0.3 is 10.2 Å². The van der Waals surface area contributed by atoms with Crippen molar-refractivity contribution in [3.8, 4) is 0 Å². The van der Waals surface area contributed by atoms with Crippen LogP contribution in [-0.4, -0.2) is 55.6 Å². The van der Waals surface area contributed by atoms with Crippen LogP contribution in [-0.2, 0) is 14.8 Å². The van der Waals surface area contributed by atoms with Crippen molar-refractivity contribution in [3.05, 3.63) is 58.7 Å². The number of aryl methyl sites for hydroxylation is 3. The minimum atomic E-state index is -3.60. The van der Waals surface area contributed by atoms with E-state index in [9.17, 15) is 18.0 Å². The van der Waals surface area contributed by atoms with E-state index in [4.69, 9.17) is 0 Å². The first-order chi connectivity index (χ1) is 16.2. The summed E-state index contributed by atoms with van der Waals surface area (Å²) < 4.78 is 27.8. The van der Waals surface area contributed by atoms with E-state index in [-0.39, 0.29) is 17.7 Å². The molecule has 0 unspecified atom stereocenters. The van der Waals surface area contributed by atoms with Crippen molar-refractivity contribution < 1.29 is 18.0 Å². The molecule has 7 nitrogen and oxygen atoms in total. The Kier molecular flexibility index (Phi) is 7.09. The predicted octanol–water partition coefficient (Wildman–Crippen LogP) is 3.89. The van der Waals surface area contributed by atoms with E-state index in [0.717, 1.165) is 42.6 Å². The van der Waals surface area contributed by atoms with E-state index in [1.807, 2.05) is 49.9 Å². The van der Waals surface area contributed by atoms with Crippen LogP contribution in [0.2, 0.25) is 0 Å². The highest BCUT2D eigenvalue weighted by Crippen LogP contribution is 2.29. The number of carbonyl (C=O) groups is 2. The second kappa shape index (κ2) is 9.88. The smallest absolute Gasteiger partial charge is 0.255 e. The Labute approximate surface area is 202 Å². The molecule has 4 rings (SSSR count). The molecule has 0 aromatic heterocycles. The van der Waals surface area contributed by atoms with Gasteiger partial charge in [-0.25, -0.2) is 8.42 Å². The Bertz CT molecular complexity index is 1190. The molecule has 8 heteroatoms. The monoisotopic (exact) mass is 483 g/mol. The van der Waals surface area contributed by atoms with Crippen molar-refractivity contribution >= 4 is 27.5 Å². The Morgan fingerprint density at radius 3 is 2.24 bits per heavy atom. The molecule has 2 fully saturated rings. The molecule has 2 aromatic rings. The van der Waals surface area contributed by atoms with Gasteiger partial charge in [-0.3, -0.25) is 9.59 Å². The van der Waals surface area contributed by atoms with Crippen molar-refractivity contribution in [1.29, 1.82) is 0 Å². The van der Waals surface area contributed by atoms with Crippen LogP contribution in [0.5, 0.6) is 0 Å². The predicted molar refractivity (Wildman–Crippen MR) is 132 cm³/mol. The topological polar surface area (TPSA) is 86.8 Å². The van der Waals surface area contributed by atoms with Crippen molar-refractivity contribution in [2.45, 2.75) is 51.3 Å². The average molecular weight is 484 g/mol. The first-order valence-electron chi connectivity index (χ1n) is 12.0. The summed E-state index contributed by atoms with van der Waals surface area (Å²) >= 11 is 0. The zero-order valence-electron chi connectivity index (χ0n) is 20.1. The summed E-state index contributed by atoms with van der Waals surface area (Å²) in [5.41, 5.74) is 3.67. The number of likely N-dealkylation sites (tertiary alicyclic amines) is 1. The zero-order valence-corrected chi connectivity index (χ0v) is 21.0. The van der Waals surface area contributed by atoms with Gasteiger partial charge in [-0.15, -0.1) is 0 Å². The maximum absolute atomic E-state index is 13.2. The van der Waals surface area contributed by atoms with Crippen LogP contribution < -0.4 is 5.32 Å². The van der Waals surface area contributed by atoms with Gasteiger partial charge in [0.25, 0.3) is 5.91 Å². The normalized spacial score (nSPS) is 17.7. The maximum Gasteiger partial charge on any atom is 0.255 e. The molecule has 0 aliphatic carbocycles. The van der Waals surface area contributed by atoms with Gasteiger partial charge in [-0.2, -0.15) is 4.31 Å². The number of carbonyl (C=O) groups excluding carboxylic acids is 2. The standard InChI is InChI=1S/C26H33N3O4S/c1-18-9-10-23(20(3)17-18)34(32,33)29-15-11-21(12-16-29)25(30)27-24-19(2)7-6-8-22(24)26(31)28-13-4-5-14-28/h6-10,17,21H,4-5,11-16H2,1-3H3,(H,27,30). The highest BCUT2D eigenvalue weighted by molar-refractivity contribution is 7.89. The molecule has 0 spiro atoms. The number of hydrogen-bond acceptors (Lipinski definition) is 4. The minimum Gasteiger partial charge on any atom is -0.339 e. The number of piperidine rings is 1. The fourth-order valence-corrected chi connectivity index (χ4v) is 6.59. The third kappa shape index (κ3) is 4.88. The lowest BCUT2D eigenvalue weighted by Crippen LogP contribution is -2.41. The summed E-state index contributed by atoms with van der Waals surface area (Å²) in [4.78, 5) is 28.3. The Morgan fingerprint density at radius 2 is 1.59 bits per heavy atom. The van der Waals surface area contributed by atoms with E-state index in [0.29, 0.717) is 42.1 Å². The molecule has 0 atom stereocenters. The first-order valence-corrected chi connectivity index (χ1v) is 13.4. The van der Waals surface area contributed by atoms with E-state index in [2.05, 4.69) is 5.32 Å². The summed E-state index contributed by atoms with van der Waals surface area (Å²) in [5.74, 6) is -0.515. The molecule has 1 N–H and O–H groups in total. The number of amides is 2. The third-order valence-electron chi connectivity index (χ3n) is 6.92. The van der Waals surface area contributed by atoms with E-state index in [1.165, 1.54) is 4.31 Å². The number of sulfonamides is 1. The highest BCUT2D eigenvalue weighted by Gasteiger charge is 2.33. The lowest BCUT2D eigenvalue weighted by Gasteiger charge is -2.31. The highest BCUT2D eigenvalue weighted by atomic mass is 32.2. The Balaban J connectivity index is 1.44. The fourth-order valence-electron chi connectivity index (χ4n) is 4.91. The van der Waals surface area contributed by atoms with Crippen molar-refractivity contribution in [1.82, 2.24) is 9.21 Å². The number of nitrogens with one attached hydrogen (secondary N) is 1. The molecule has 2 saturated heterocycles. The van der Waals surface area contributed by atoms with Crippen LogP contribution in [0.25, 0.3) is 0 Å². The van der Waals surface area contributed by atoms with Gasteiger partial charge in [0.05, 0.1) is 16.1 Å². The van der Waals surface area contributed by atoms with Crippen LogP contribution in [0.4, 0.5) is 5.69 Å². The van der Waals surface area contributed by atoms with Gasteiger partial charge >= 0.3 is 0 Å². The zero-order chi connectivity index (χ0) is 24.5. The summed E-state index contributed by atoms with van der Waals surface area (Å²) in [6.07, 6.45) is 2.89. The van der Waals surface area contributed by atoms with Gasteiger partial charge in [0.1, 0.15) is 0 Å². The van der Waals surface area contributed by atoms with Crippen molar-refractivity contribution in [2.24, 2.45) is 5.92 Å². The number of para-hydroxylation sites is 1. The van der Waals surface area contributed by atoms with Gasteiger partial charge in [0, 0.05) is 32.1 Å². The van der Waals surface area contributed by atoms with Crippen LogP contribution >= 0.6 is 0 Å². The number of anilines is 1. The second-order valence-corrected chi connectivity index (χ2v) is 11.3. The largest absolute Gasteiger partial charge is 0.339 e. The van der Waals surface area contributed by atoms with Gasteiger partial charge in [0.15, 0.2) is 0 Å². The summed E-state index contributed by atoms with van der Waals surface area (Å²) in [5, 5.41) is 3.00. The molecular formula is C26H33N3O4S. The third-order valence-corrected chi connectivity index (χ3v) is 8.98.